The van der Waals surface area contributed by atoms with Crippen molar-refractivity contribution in [1.82, 2.24) is 4.31 Å². The van der Waals surface area contributed by atoms with Crippen LogP contribution >= 0.6 is 11.3 Å². The molecule has 1 aliphatic rings. The van der Waals surface area contributed by atoms with Crippen molar-refractivity contribution in [3.63, 3.8) is 0 Å². The first kappa shape index (κ1) is 12.8. The second-order valence-electron chi connectivity index (χ2n) is 3.97. The van der Waals surface area contributed by atoms with E-state index in [0.717, 1.165) is 24.2 Å². The van der Waals surface area contributed by atoms with Crippen LogP contribution < -0.4 is 0 Å². The van der Waals surface area contributed by atoms with Gasteiger partial charge in [-0.15, -0.1) is 17.9 Å². The maximum Gasteiger partial charge on any atom is 0.253 e. The quantitative estimate of drug-likeness (QED) is 0.801. The molecule has 0 spiro atoms. The summed E-state index contributed by atoms with van der Waals surface area (Å²) in [6.45, 7) is 3.82. The van der Waals surface area contributed by atoms with E-state index >= 15 is 0 Å². The first-order valence-electron chi connectivity index (χ1n) is 5.42. The van der Waals surface area contributed by atoms with Crippen LogP contribution in [-0.4, -0.2) is 30.4 Å². The summed E-state index contributed by atoms with van der Waals surface area (Å²) in [5.41, 5.74) is 0. The third-order valence-electron chi connectivity index (χ3n) is 2.62. The molecule has 0 bridgehead atoms. The van der Waals surface area contributed by atoms with Gasteiger partial charge in [0.1, 0.15) is 4.21 Å². The summed E-state index contributed by atoms with van der Waals surface area (Å²) in [6.07, 6.45) is 3.45. The van der Waals surface area contributed by atoms with Gasteiger partial charge in [0.05, 0.1) is 6.61 Å². The van der Waals surface area contributed by atoms with E-state index in [0.29, 0.717) is 15.6 Å². The van der Waals surface area contributed by atoms with E-state index < -0.39 is 10.0 Å². The Bertz CT molecular complexity index is 503. The van der Waals surface area contributed by atoms with E-state index in [-0.39, 0.29) is 12.6 Å². The Morgan fingerprint density at radius 1 is 1.53 bits per heavy atom. The second kappa shape index (κ2) is 4.89. The molecule has 1 aliphatic carbocycles. The highest BCUT2D eigenvalue weighted by Gasteiger charge is 2.37. The van der Waals surface area contributed by atoms with Crippen LogP contribution in [-0.2, 0) is 16.6 Å². The molecule has 0 unspecified atom stereocenters. The van der Waals surface area contributed by atoms with Crippen LogP contribution in [0.3, 0.4) is 0 Å². The van der Waals surface area contributed by atoms with Crippen molar-refractivity contribution in [3.8, 4) is 0 Å². The molecule has 0 radical (unpaired) electrons. The standard InChI is InChI=1S/C11H15NO3S2/c1-2-7-12(9-3-4-9)17(14,15)11-6-5-10(8-13)16-11/h2,5-6,9,13H,1,3-4,7-8H2. The molecule has 0 atom stereocenters. The zero-order chi connectivity index (χ0) is 12.5. The van der Waals surface area contributed by atoms with Gasteiger partial charge < -0.3 is 5.11 Å². The monoisotopic (exact) mass is 273 g/mol. The van der Waals surface area contributed by atoms with Gasteiger partial charge in [-0.3, -0.25) is 0 Å². The van der Waals surface area contributed by atoms with Gasteiger partial charge in [-0.2, -0.15) is 4.31 Å². The molecular formula is C11H15NO3S2. The predicted molar refractivity (Wildman–Crippen MR) is 67.4 cm³/mol. The van der Waals surface area contributed by atoms with Gasteiger partial charge in [0.25, 0.3) is 10.0 Å². The van der Waals surface area contributed by atoms with E-state index in [2.05, 4.69) is 6.58 Å². The molecule has 1 saturated carbocycles. The molecule has 17 heavy (non-hydrogen) atoms. The summed E-state index contributed by atoms with van der Waals surface area (Å²) in [5.74, 6) is 0. The van der Waals surface area contributed by atoms with Crippen LogP contribution in [0.1, 0.15) is 17.7 Å². The van der Waals surface area contributed by atoms with Crippen LogP contribution in [0.2, 0.25) is 0 Å². The summed E-state index contributed by atoms with van der Waals surface area (Å²) >= 11 is 1.13. The molecule has 94 valence electrons. The van der Waals surface area contributed by atoms with Crippen molar-refractivity contribution in [1.29, 1.82) is 0 Å². The number of aliphatic hydroxyl groups excluding tert-OH is 1. The number of thiophene rings is 1. The van der Waals surface area contributed by atoms with Gasteiger partial charge in [-0.1, -0.05) is 6.08 Å². The fraction of sp³-hybridized carbons (Fsp3) is 0.455. The highest BCUT2D eigenvalue weighted by atomic mass is 32.2. The fourth-order valence-corrected chi connectivity index (χ4v) is 4.63. The molecular weight excluding hydrogens is 258 g/mol. The lowest BCUT2D eigenvalue weighted by Crippen LogP contribution is -2.32. The SMILES string of the molecule is C=CCN(C1CC1)S(=O)(=O)c1ccc(CO)s1. The van der Waals surface area contributed by atoms with Crippen molar-refractivity contribution in [2.24, 2.45) is 0 Å². The van der Waals surface area contributed by atoms with Gasteiger partial charge in [0.2, 0.25) is 0 Å². The number of aliphatic hydroxyl groups is 1. The molecule has 1 aromatic rings. The summed E-state index contributed by atoms with van der Waals surface area (Å²) in [4.78, 5) is 0.665. The highest BCUT2D eigenvalue weighted by molar-refractivity contribution is 7.91. The maximum atomic E-state index is 12.3. The molecule has 4 nitrogen and oxygen atoms in total. The topological polar surface area (TPSA) is 57.6 Å². The van der Waals surface area contributed by atoms with E-state index in [1.165, 1.54) is 4.31 Å². The number of hydrogen-bond acceptors (Lipinski definition) is 4. The lowest BCUT2D eigenvalue weighted by Gasteiger charge is -2.18. The Labute approximate surface area is 105 Å². The molecule has 1 N–H and O–H groups in total. The van der Waals surface area contributed by atoms with Gasteiger partial charge in [0.15, 0.2) is 0 Å². The Morgan fingerprint density at radius 3 is 2.71 bits per heavy atom. The van der Waals surface area contributed by atoms with Crippen molar-refractivity contribution in [2.75, 3.05) is 6.54 Å². The lowest BCUT2D eigenvalue weighted by atomic mass is 10.5. The summed E-state index contributed by atoms with van der Waals surface area (Å²) in [5, 5.41) is 8.97. The van der Waals surface area contributed by atoms with Gasteiger partial charge in [-0.25, -0.2) is 8.42 Å². The molecule has 1 aromatic heterocycles. The van der Waals surface area contributed by atoms with E-state index in [9.17, 15) is 8.42 Å². The number of sulfonamides is 1. The number of nitrogens with zero attached hydrogens (tertiary/aromatic N) is 1. The summed E-state index contributed by atoms with van der Waals surface area (Å²) in [6, 6.07) is 3.33. The zero-order valence-electron chi connectivity index (χ0n) is 9.37. The zero-order valence-corrected chi connectivity index (χ0v) is 11.0. The Hall–Kier alpha value is -0.690. The van der Waals surface area contributed by atoms with Crippen LogP contribution in [0.4, 0.5) is 0 Å². The smallest absolute Gasteiger partial charge is 0.253 e. The van der Waals surface area contributed by atoms with E-state index in [1.54, 1.807) is 18.2 Å². The Balaban J connectivity index is 2.29. The molecule has 2 rings (SSSR count). The van der Waals surface area contributed by atoms with Crippen LogP contribution in [0, 0.1) is 0 Å². The van der Waals surface area contributed by atoms with E-state index in [4.69, 9.17) is 5.11 Å². The summed E-state index contributed by atoms with van der Waals surface area (Å²) < 4.78 is 26.5. The van der Waals surface area contributed by atoms with Gasteiger partial charge >= 0.3 is 0 Å². The lowest BCUT2D eigenvalue weighted by molar-refractivity contribution is 0.285. The first-order valence-corrected chi connectivity index (χ1v) is 7.67. The van der Waals surface area contributed by atoms with Gasteiger partial charge in [0, 0.05) is 17.5 Å². The van der Waals surface area contributed by atoms with Gasteiger partial charge in [-0.05, 0) is 25.0 Å². The predicted octanol–water partition coefficient (Wildman–Crippen LogP) is 1.58. The minimum Gasteiger partial charge on any atom is -0.391 e. The van der Waals surface area contributed by atoms with Crippen molar-refractivity contribution in [2.45, 2.75) is 29.7 Å². The number of rotatable bonds is 6. The third kappa shape index (κ3) is 2.60. The Morgan fingerprint density at radius 2 is 2.24 bits per heavy atom. The third-order valence-corrected chi connectivity index (χ3v) is 6.07. The van der Waals surface area contributed by atoms with E-state index in [1.807, 2.05) is 0 Å². The largest absolute Gasteiger partial charge is 0.391 e. The molecule has 1 fully saturated rings. The molecule has 0 amide bonds. The fourth-order valence-electron chi connectivity index (χ4n) is 1.63. The normalized spacial score (nSPS) is 16.4. The van der Waals surface area contributed by atoms with Crippen LogP contribution in [0.15, 0.2) is 29.0 Å². The molecule has 1 heterocycles. The molecule has 6 heteroatoms. The highest BCUT2D eigenvalue weighted by Crippen LogP contribution is 2.34. The molecule has 0 aliphatic heterocycles. The summed E-state index contributed by atoms with van der Waals surface area (Å²) in [7, 11) is -3.42. The van der Waals surface area contributed by atoms with Crippen LogP contribution in [0.25, 0.3) is 0 Å². The first-order chi connectivity index (χ1) is 8.09. The second-order valence-corrected chi connectivity index (χ2v) is 7.26. The van der Waals surface area contributed by atoms with Crippen molar-refractivity contribution >= 4 is 21.4 Å². The maximum absolute atomic E-state index is 12.3. The minimum absolute atomic E-state index is 0.120. The molecule has 0 aromatic carbocycles. The minimum atomic E-state index is -3.42. The van der Waals surface area contributed by atoms with Crippen molar-refractivity contribution < 1.29 is 13.5 Å². The molecule has 0 saturated heterocycles. The Kier molecular flexibility index (Phi) is 3.67. The number of hydrogen-bond donors (Lipinski definition) is 1. The van der Waals surface area contributed by atoms with Crippen molar-refractivity contribution in [3.05, 3.63) is 29.7 Å². The average molecular weight is 273 g/mol. The average Bonchev–Trinajstić information content (AvgIpc) is 3.01. The van der Waals surface area contributed by atoms with Crippen LogP contribution in [0.5, 0.6) is 0 Å².